The van der Waals surface area contributed by atoms with Gasteiger partial charge in [0.15, 0.2) is 0 Å². The molecule has 1 N–H and O–H groups in total. The van der Waals surface area contributed by atoms with Gasteiger partial charge in [0, 0.05) is 47.4 Å². The van der Waals surface area contributed by atoms with Crippen LogP contribution in [0.25, 0.3) is 10.9 Å². The number of thioether (sulfide) groups is 1. The second-order valence-electron chi connectivity index (χ2n) is 8.74. The van der Waals surface area contributed by atoms with Crippen LogP contribution in [-0.4, -0.2) is 41.4 Å². The molecule has 0 fully saturated rings. The lowest BCUT2D eigenvalue weighted by molar-refractivity contribution is -0.125. The van der Waals surface area contributed by atoms with Gasteiger partial charge < -0.3 is 14.6 Å². The van der Waals surface area contributed by atoms with Crippen LogP contribution in [0.15, 0.2) is 47.5 Å². The SMILES string of the molecule is Cc1cc(Cl)ccc1N1C(=O)CSc2c(c3ccccc3n2C)[C@H]1C(=O)NCCCOC(C)C. The quantitative estimate of drug-likeness (QED) is 0.451. The summed E-state index contributed by atoms with van der Waals surface area (Å²) in [7, 11) is 1.99. The van der Waals surface area contributed by atoms with Gasteiger partial charge in [-0.25, -0.2) is 0 Å². The zero-order valence-corrected chi connectivity index (χ0v) is 21.5. The van der Waals surface area contributed by atoms with Gasteiger partial charge in [0.2, 0.25) is 11.8 Å². The number of ether oxygens (including phenoxy) is 1. The van der Waals surface area contributed by atoms with Crippen molar-refractivity contribution < 1.29 is 14.3 Å². The first-order valence-electron chi connectivity index (χ1n) is 11.5. The maximum Gasteiger partial charge on any atom is 0.247 e. The highest BCUT2D eigenvalue weighted by atomic mass is 35.5. The third kappa shape index (κ3) is 4.83. The van der Waals surface area contributed by atoms with Crippen LogP contribution in [0.5, 0.6) is 0 Å². The smallest absolute Gasteiger partial charge is 0.247 e. The molecule has 4 rings (SSSR count). The third-order valence-electron chi connectivity index (χ3n) is 5.96. The summed E-state index contributed by atoms with van der Waals surface area (Å²) in [4.78, 5) is 28.9. The van der Waals surface area contributed by atoms with E-state index < -0.39 is 6.04 Å². The number of benzene rings is 2. The molecule has 1 atom stereocenters. The molecule has 1 aliphatic heterocycles. The molecule has 0 saturated carbocycles. The van der Waals surface area contributed by atoms with E-state index in [2.05, 4.69) is 9.88 Å². The number of rotatable bonds is 7. The second-order valence-corrected chi connectivity index (χ2v) is 10.1. The van der Waals surface area contributed by atoms with Gasteiger partial charge in [-0.2, -0.15) is 0 Å². The summed E-state index contributed by atoms with van der Waals surface area (Å²) in [5.74, 6) is -0.0723. The highest BCUT2D eigenvalue weighted by molar-refractivity contribution is 8.00. The number of para-hydroxylation sites is 1. The molecule has 3 aromatic rings. The fourth-order valence-electron chi connectivity index (χ4n) is 4.42. The number of hydrogen-bond acceptors (Lipinski definition) is 4. The molecule has 1 aromatic heterocycles. The number of anilines is 1. The number of fused-ring (bicyclic) bond motifs is 3. The van der Waals surface area contributed by atoms with E-state index in [0.717, 1.165) is 27.1 Å². The van der Waals surface area contributed by atoms with Crippen molar-refractivity contribution in [2.75, 3.05) is 23.8 Å². The third-order valence-corrected chi connectivity index (χ3v) is 7.36. The molecule has 0 bridgehead atoms. The second kappa shape index (κ2) is 10.4. The number of carbonyl (C=O) groups is 2. The van der Waals surface area contributed by atoms with Crippen molar-refractivity contribution >= 4 is 51.8 Å². The molecule has 0 radical (unpaired) electrons. The number of aryl methyl sites for hydroxylation is 2. The van der Waals surface area contributed by atoms with Crippen molar-refractivity contribution in [2.45, 2.75) is 44.4 Å². The van der Waals surface area contributed by atoms with Crippen molar-refractivity contribution in [1.82, 2.24) is 9.88 Å². The van der Waals surface area contributed by atoms with E-state index >= 15 is 0 Å². The predicted molar refractivity (Wildman–Crippen MR) is 139 cm³/mol. The molecule has 1 aliphatic rings. The first-order valence-corrected chi connectivity index (χ1v) is 12.8. The topological polar surface area (TPSA) is 63.6 Å². The Balaban J connectivity index is 1.79. The summed E-state index contributed by atoms with van der Waals surface area (Å²) in [6.45, 7) is 6.92. The molecule has 2 heterocycles. The highest BCUT2D eigenvalue weighted by Gasteiger charge is 2.40. The molecule has 6 nitrogen and oxygen atoms in total. The zero-order chi connectivity index (χ0) is 24.4. The van der Waals surface area contributed by atoms with E-state index in [9.17, 15) is 9.59 Å². The molecular weight excluding hydrogens is 470 g/mol. The van der Waals surface area contributed by atoms with Crippen molar-refractivity contribution in [1.29, 1.82) is 0 Å². The van der Waals surface area contributed by atoms with E-state index in [0.29, 0.717) is 30.3 Å². The lowest BCUT2D eigenvalue weighted by Crippen LogP contribution is -2.44. The number of carbonyl (C=O) groups excluding carboxylic acids is 2. The minimum Gasteiger partial charge on any atom is -0.379 e. The number of halogens is 1. The average Bonchev–Trinajstić information content (AvgIpc) is 2.97. The van der Waals surface area contributed by atoms with Gasteiger partial charge in [-0.1, -0.05) is 41.6 Å². The highest BCUT2D eigenvalue weighted by Crippen LogP contribution is 2.44. The molecule has 2 amide bonds. The lowest BCUT2D eigenvalue weighted by Gasteiger charge is -2.31. The van der Waals surface area contributed by atoms with E-state index in [4.69, 9.17) is 16.3 Å². The van der Waals surface area contributed by atoms with Crippen molar-refractivity contribution in [3.63, 3.8) is 0 Å². The van der Waals surface area contributed by atoms with Crippen LogP contribution in [0.2, 0.25) is 5.02 Å². The van der Waals surface area contributed by atoms with Gasteiger partial charge >= 0.3 is 0 Å². The van der Waals surface area contributed by atoms with Gasteiger partial charge in [-0.15, -0.1) is 0 Å². The summed E-state index contributed by atoms with van der Waals surface area (Å²) in [5.41, 5.74) is 3.43. The van der Waals surface area contributed by atoms with Crippen LogP contribution in [0.3, 0.4) is 0 Å². The Bertz CT molecular complexity index is 1220. The molecule has 180 valence electrons. The molecule has 34 heavy (non-hydrogen) atoms. The van der Waals surface area contributed by atoms with Crippen LogP contribution < -0.4 is 10.2 Å². The Kier molecular flexibility index (Phi) is 7.55. The van der Waals surface area contributed by atoms with E-state index in [-0.39, 0.29) is 23.7 Å². The van der Waals surface area contributed by atoms with Crippen LogP contribution in [0, 0.1) is 6.92 Å². The Hall–Kier alpha value is -2.48. The Labute approximate surface area is 209 Å². The van der Waals surface area contributed by atoms with E-state index in [1.54, 1.807) is 11.0 Å². The number of nitrogens with one attached hydrogen (secondary N) is 1. The number of nitrogens with zero attached hydrogens (tertiary/aromatic N) is 2. The van der Waals surface area contributed by atoms with Crippen LogP contribution in [0.4, 0.5) is 5.69 Å². The van der Waals surface area contributed by atoms with Gasteiger partial charge in [-0.3, -0.25) is 14.5 Å². The summed E-state index contributed by atoms with van der Waals surface area (Å²) in [5, 5.41) is 5.57. The predicted octanol–water partition coefficient (Wildman–Crippen LogP) is 5.25. The summed E-state index contributed by atoms with van der Waals surface area (Å²) in [6.07, 6.45) is 0.843. The molecule has 8 heteroatoms. The maximum absolute atomic E-state index is 13.8. The molecule has 0 aliphatic carbocycles. The maximum atomic E-state index is 13.8. The Morgan fingerprint density at radius 3 is 2.76 bits per heavy atom. The molecule has 0 spiro atoms. The van der Waals surface area contributed by atoms with Gasteiger partial charge in [0.1, 0.15) is 6.04 Å². The van der Waals surface area contributed by atoms with Crippen molar-refractivity contribution in [3.05, 3.63) is 58.6 Å². The van der Waals surface area contributed by atoms with Crippen LogP contribution in [-0.2, 0) is 21.4 Å². The minimum absolute atomic E-state index is 0.112. The van der Waals surface area contributed by atoms with Gasteiger partial charge in [-0.05, 0) is 57.0 Å². The molecule has 0 unspecified atom stereocenters. The van der Waals surface area contributed by atoms with Crippen LogP contribution >= 0.6 is 23.4 Å². The first kappa shape index (κ1) is 24.6. The summed E-state index contributed by atoms with van der Waals surface area (Å²) < 4.78 is 7.69. The summed E-state index contributed by atoms with van der Waals surface area (Å²) in [6, 6.07) is 12.6. The zero-order valence-electron chi connectivity index (χ0n) is 19.9. The summed E-state index contributed by atoms with van der Waals surface area (Å²) >= 11 is 7.68. The Morgan fingerprint density at radius 1 is 1.26 bits per heavy atom. The van der Waals surface area contributed by atoms with Gasteiger partial charge in [0.05, 0.1) is 16.9 Å². The van der Waals surface area contributed by atoms with E-state index in [1.807, 2.05) is 64.2 Å². The largest absolute Gasteiger partial charge is 0.379 e. The number of hydrogen-bond donors (Lipinski definition) is 1. The molecule has 2 aromatic carbocycles. The number of amides is 2. The monoisotopic (exact) mass is 499 g/mol. The fourth-order valence-corrected chi connectivity index (χ4v) is 5.72. The normalized spacial score (nSPS) is 16.1. The van der Waals surface area contributed by atoms with E-state index in [1.165, 1.54) is 11.8 Å². The number of aromatic nitrogens is 1. The molecule has 0 saturated heterocycles. The molecular formula is C26H30ClN3O3S. The Morgan fingerprint density at radius 2 is 2.03 bits per heavy atom. The standard InChI is InChI=1S/C26H30ClN3O3S/c1-16(2)33-13-7-12-28-25(32)24-23-19-8-5-6-9-21(19)29(4)26(23)34-15-22(31)30(24)20-11-10-18(27)14-17(20)3/h5-6,8-11,14,16,24H,7,12-13,15H2,1-4H3,(H,28,32)/t24-/m0/s1. The van der Waals surface area contributed by atoms with Crippen LogP contribution in [0.1, 0.15) is 37.4 Å². The van der Waals surface area contributed by atoms with Crippen molar-refractivity contribution in [2.24, 2.45) is 7.05 Å². The van der Waals surface area contributed by atoms with Gasteiger partial charge in [0.25, 0.3) is 0 Å². The van der Waals surface area contributed by atoms with Crippen molar-refractivity contribution in [3.8, 4) is 0 Å². The average molecular weight is 500 g/mol. The fraction of sp³-hybridized carbons (Fsp3) is 0.385. The minimum atomic E-state index is -0.797. The lowest BCUT2D eigenvalue weighted by atomic mass is 10.0. The first-order chi connectivity index (χ1) is 16.3.